The Morgan fingerprint density at radius 2 is 2.18 bits per heavy atom. The normalized spacial score (nSPS) is 15.7. The topological polar surface area (TPSA) is 61.8 Å². The van der Waals surface area contributed by atoms with Gasteiger partial charge in [-0.25, -0.2) is 4.79 Å². The van der Waals surface area contributed by atoms with Gasteiger partial charge in [0, 0.05) is 16.7 Å². The van der Waals surface area contributed by atoms with Crippen LogP contribution in [-0.2, 0) is 15.9 Å². The molecule has 5 nitrogen and oxygen atoms in total. The summed E-state index contributed by atoms with van der Waals surface area (Å²) in [5, 5.41) is 0.331. The molecule has 0 saturated heterocycles. The summed E-state index contributed by atoms with van der Waals surface area (Å²) < 4.78 is 15.0. The van der Waals surface area contributed by atoms with Gasteiger partial charge in [-0.3, -0.25) is 4.79 Å². The zero-order chi connectivity index (χ0) is 16.4. The summed E-state index contributed by atoms with van der Waals surface area (Å²) in [6.45, 7) is 7.37. The van der Waals surface area contributed by atoms with Crippen molar-refractivity contribution in [2.45, 2.75) is 33.0 Å². The first-order valence-electron chi connectivity index (χ1n) is 6.84. The fourth-order valence-corrected chi connectivity index (χ4v) is 2.48. The number of benzene rings is 1. The molecule has 0 saturated carbocycles. The van der Waals surface area contributed by atoms with Crippen molar-refractivity contribution in [3.05, 3.63) is 39.9 Å². The van der Waals surface area contributed by atoms with Crippen LogP contribution in [0.5, 0.6) is 5.75 Å². The second-order valence-corrected chi connectivity index (χ2v) is 5.34. The molecule has 118 valence electrons. The van der Waals surface area contributed by atoms with Gasteiger partial charge in [0.1, 0.15) is 5.75 Å². The number of hydrogen-bond acceptors (Lipinski definition) is 5. The molecule has 0 fully saturated rings. The van der Waals surface area contributed by atoms with E-state index >= 15 is 0 Å². The lowest BCUT2D eigenvalue weighted by molar-refractivity contribution is -0.0463. The van der Waals surface area contributed by atoms with Crippen LogP contribution in [0.15, 0.2) is 18.2 Å². The van der Waals surface area contributed by atoms with Gasteiger partial charge in [0.15, 0.2) is 5.78 Å². The van der Waals surface area contributed by atoms with Crippen molar-refractivity contribution in [3.63, 3.8) is 0 Å². The summed E-state index contributed by atoms with van der Waals surface area (Å²) in [6.07, 6.45) is -0.717. The fourth-order valence-electron chi connectivity index (χ4n) is 2.25. The summed E-state index contributed by atoms with van der Waals surface area (Å²) >= 11 is 6.28. The van der Waals surface area contributed by atoms with E-state index in [0.29, 0.717) is 40.3 Å². The largest absolute Gasteiger partial charge is 0.511 e. The maximum atomic E-state index is 12.3. The second kappa shape index (κ2) is 6.40. The SMILES string of the molecule is C=C(CC)C(=O)c1cc2c(c(C)c1Cl)OC(OC(=O)OC)C2. The van der Waals surface area contributed by atoms with Gasteiger partial charge >= 0.3 is 6.16 Å². The molecule has 1 heterocycles. The van der Waals surface area contributed by atoms with E-state index in [4.69, 9.17) is 21.1 Å². The highest BCUT2D eigenvalue weighted by atomic mass is 35.5. The zero-order valence-corrected chi connectivity index (χ0v) is 13.5. The number of carbonyl (C=O) groups is 2. The lowest BCUT2D eigenvalue weighted by Crippen LogP contribution is -2.21. The van der Waals surface area contributed by atoms with Gasteiger partial charge in [-0.05, 0) is 25.0 Å². The third-order valence-electron chi connectivity index (χ3n) is 3.54. The van der Waals surface area contributed by atoms with E-state index in [1.54, 1.807) is 13.0 Å². The number of halogens is 1. The number of fused-ring (bicyclic) bond motifs is 1. The molecule has 6 heteroatoms. The Bertz CT molecular complexity index is 650. The van der Waals surface area contributed by atoms with Gasteiger partial charge in [0.2, 0.25) is 0 Å². The molecule has 0 N–H and O–H groups in total. The van der Waals surface area contributed by atoms with Crippen molar-refractivity contribution in [2.24, 2.45) is 0 Å². The maximum Gasteiger partial charge on any atom is 0.511 e. The molecular formula is C16H17ClO5. The third kappa shape index (κ3) is 2.95. The monoisotopic (exact) mass is 324 g/mol. The number of Topliss-reactive ketones (excluding diaryl/α,β-unsaturated/α-hetero) is 1. The molecule has 0 spiro atoms. The highest BCUT2D eigenvalue weighted by Gasteiger charge is 2.31. The van der Waals surface area contributed by atoms with E-state index in [1.807, 2.05) is 6.92 Å². The number of ketones is 1. The number of methoxy groups -OCH3 is 1. The van der Waals surface area contributed by atoms with Crippen LogP contribution in [0.3, 0.4) is 0 Å². The van der Waals surface area contributed by atoms with Crippen LogP contribution in [0, 0.1) is 6.92 Å². The van der Waals surface area contributed by atoms with Crippen molar-refractivity contribution >= 4 is 23.5 Å². The average Bonchev–Trinajstić information content (AvgIpc) is 2.91. The van der Waals surface area contributed by atoms with Crippen LogP contribution < -0.4 is 4.74 Å². The van der Waals surface area contributed by atoms with Gasteiger partial charge in [-0.2, -0.15) is 0 Å². The lowest BCUT2D eigenvalue weighted by Gasteiger charge is -2.13. The van der Waals surface area contributed by atoms with E-state index in [0.717, 1.165) is 5.56 Å². The van der Waals surface area contributed by atoms with Gasteiger partial charge in [-0.1, -0.05) is 25.1 Å². The number of hydrogen-bond donors (Lipinski definition) is 0. The number of carbonyl (C=O) groups excluding carboxylic acids is 2. The molecule has 0 aliphatic carbocycles. The average molecular weight is 325 g/mol. The minimum atomic E-state index is -0.822. The van der Waals surface area contributed by atoms with Crippen molar-refractivity contribution in [2.75, 3.05) is 7.11 Å². The van der Waals surface area contributed by atoms with E-state index in [-0.39, 0.29) is 5.78 Å². The van der Waals surface area contributed by atoms with Crippen LogP contribution in [0.4, 0.5) is 4.79 Å². The van der Waals surface area contributed by atoms with Crippen LogP contribution in [0.2, 0.25) is 5.02 Å². The van der Waals surface area contributed by atoms with Gasteiger partial charge in [0.05, 0.1) is 18.6 Å². The highest BCUT2D eigenvalue weighted by molar-refractivity contribution is 6.36. The highest BCUT2D eigenvalue weighted by Crippen LogP contribution is 2.39. The summed E-state index contributed by atoms with van der Waals surface area (Å²) in [7, 11) is 1.22. The third-order valence-corrected chi connectivity index (χ3v) is 4.03. The molecule has 1 aliphatic heterocycles. The van der Waals surface area contributed by atoms with E-state index < -0.39 is 12.4 Å². The predicted octanol–water partition coefficient (Wildman–Crippen LogP) is 3.84. The molecule has 0 aromatic heterocycles. The molecular weight excluding hydrogens is 308 g/mol. The van der Waals surface area contributed by atoms with Crippen molar-refractivity contribution in [1.82, 2.24) is 0 Å². The molecule has 1 aromatic rings. The summed E-state index contributed by atoms with van der Waals surface area (Å²) in [5.41, 5.74) is 2.29. The summed E-state index contributed by atoms with van der Waals surface area (Å²) in [5.74, 6) is 0.355. The zero-order valence-electron chi connectivity index (χ0n) is 12.7. The number of allylic oxidation sites excluding steroid dienone is 1. The van der Waals surface area contributed by atoms with Gasteiger partial charge in [0.25, 0.3) is 6.29 Å². The Kier molecular flexibility index (Phi) is 4.76. The van der Waals surface area contributed by atoms with Crippen molar-refractivity contribution < 1.29 is 23.8 Å². The summed E-state index contributed by atoms with van der Waals surface area (Å²) in [4.78, 5) is 23.5. The minimum absolute atomic E-state index is 0.185. The Hall–Kier alpha value is -2.01. The minimum Gasteiger partial charge on any atom is -0.454 e. The van der Waals surface area contributed by atoms with Crippen LogP contribution >= 0.6 is 11.6 Å². The Morgan fingerprint density at radius 1 is 1.50 bits per heavy atom. The first kappa shape index (κ1) is 16.4. The fraction of sp³-hybridized carbons (Fsp3) is 0.375. The van der Waals surface area contributed by atoms with Crippen LogP contribution in [0.25, 0.3) is 0 Å². The first-order valence-corrected chi connectivity index (χ1v) is 7.22. The van der Waals surface area contributed by atoms with E-state index in [9.17, 15) is 9.59 Å². The molecule has 0 radical (unpaired) electrons. The lowest BCUT2D eigenvalue weighted by atomic mass is 9.97. The molecule has 2 rings (SSSR count). The molecule has 1 aliphatic rings. The summed E-state index contributed by atoms with van der Waals surface area (Å²) in [6, 6.07) is 1.68. The quantitative estimate of drug-likeness (QED) is 0.478. The van der Waals surface area contributed by atoms with Gasteiger partial charge < -0.3 is 14.2 Å². The second-order valence-electron chi connectivity index (χ2n) is 4.96. The standard InChI is InChI=1S/C16H17ClO5/c1-5-8(2)14(18)11-6-10-7-12(22-16(19)20-4)21-15(10)9(3)13(11)17/h6,12H,2,5,7H2,1,3-4H3. The first-order chi connectivity index (χ1) is 10.4. The Morgan fingerprint density at radius 3 is 2.77 bits per heavy atom. The molecule has 22 heavy (non-hydrogen) atoms. The van der Waals surface area contributed by atoms with Crippen molar-refractivity contribution in [3.8, 4) is 5.75 Å². The van der Waals surface area contributed by atoms with Crippen molar-refractivity contribution in [1.29, 1.82) is 0 Å². The smallest absolute Gasteiger partial charge is 0.454 e. The Labute approximate surface area is 133 Å². The molecule has 0 amide bonds. The van der Waals surface area contributed by atoms with Gasteiger partial charge in [-0.15, -0.1) is 0 Å². The molecule has 1 atom stereocenters. The molecule has 0 bridgehead atoms. The molecule has 1 aromatic carbocycles. The van der Waals surface area contributed by atoms with Crippen LogP contribution in [-0.4, -0.2) is 25.3 Å². The van der Waals surface area contributed by atoms with E-state index in [2.05, 4.69) is 11.3 Å². The van der Waals surface area contributed by atoms with Crippen LogP contribution in [0.1, 0.15) is 34.8 Å². The number of rotatable bonds is 4. The maximum absolute atomic E-state index is 12.3. The number of ether oxygens (including phenoxy) is 3. The Balaban J connectivity index is 2.33. The molecule has 1 unspecified atom stereocenters. The van der Waals surface area contributed by atoms with E-state index in [1.165, 1.54) is 7.11 Å². The predicted molar refractivity (Wildman–Crippen MR) is 81.6 cm³/mol.